The Hall–Kier alpha value is -2.91. The van der Waals surface area contributed by atoms with Crippen molar-refractivity contribution in [3.05, 3.63) is 59.8 Å². The van der Waals surface area contributed by atoms with Gasteiger partial charge < -0.3 is 14.8 Å². The number of halogens is 3. The lowest BCUT2D eigenvalue weighted by atomic mass is 10.1. The Morgan fingerprint density at radius 3 is 2.63 bits per heavy atom. The summed E-state index contributed by atoms with van der Waals surface area (Å²) in [4.78, 5) is 20.9. The first-order chi connectivity index (χ1) is 14.4. The summed E-state index contributed by atoms with van der Waals surface area (Å²) in [7, 11) is 1.32. The molecule has 0 aliphatic carbocycles. The van der Waals surface area contributed by atoms with E-state index in [0.29, 0.717) is 21.6 Å². The summed E-state index contributed by atoms with van der Waals surface area (Å²) >= 11 is 7.07. The standard InChI is InChI=1S/C20H16ClF2N3O3S/c1-28-17-10-14(6-7-16(17)29-19(22)23)25-18(27)11-30-20-24-9-8-15(26-20)12-2-4-13(21)5-3-12/h2-10,19H,11H2,1H3,(H,25,27). The van der Waals surface area contributed by atoms with Gasteiger partial charge in [0, 0.05) is 28.5 Å². The number of nitrogens with zero attached hydrogens (tertiary/aromatic N) is 2. The van der Waals surface area contributed by atoms with Crippen LogP contribution in [0.15, 0.2) is 59.9 Å². The van der Waals surface area contributed by atoms with E-state index in [4.69, 9.17) is 16.3 Å². The molecule has 1 amide bonds. The molecule has 0 fully saturated rings. The van der Waals surface area contributed by atoms with Crippen LogP contribution < -0.4 is 14.8 Å². The normalized spacial score (nSPS) is 10.7. The number of carbonyl (C=O) groups excluding carboxylic acids is 1. The molecule has 156 valence electrons. The molecule has 1 heterocycles. The van der Waals surface area contributed by atoms with E-state index in [9.17, 15) is 13.6 Å². The van der Waals surface area contributed by atoms with Crippen LogP contribution in [0.3, 0.4) is 0 Å². The van der Waals surface area contributed by atoms with E-state index in [1.54, 1.807) is 24.4 Å². The van der Waals surface area contributed by atoms with E-state index in [1.807, 2.05) is 12.1 Å². The lowest BCUT2D eigenvalue weighted by Crippen LogP contribution is -2.14. The van der Waals surface area contributed by atoms with Gasteiger partial charge in [-0.05, 0) is 30.3 Å². The predicted molar refractivity (Wildman–Crippen MR) is 111 cm³/mol. The minimum atomic E-state index is -2.97. The Bertz CT molecular complexity index is 1020. The highest BCUT2D eigenvalue weighted by Crippen LogP contribution is 2.31. The van der Waals surface area contributed by atoms with Crippen molar-refractivity contribution in [3.8, 4) is 22.8 Å². The molecule has 0 bridgehead atoms. The van der Waals surface area contributed by atoms with Gasteiger partial charge in [0.15, 0.2) is 16.7 Å². The van der Waals surface area contributed by atoms with Crippen LogP contribution in [-0.2, 0) is 4.79 Å². The molecule has 1 N–H and O–H groups in total. The topological polar surface area (TPSA) is 73.3 Å². The minimum absolute atomic E-state index is 0.0572. The second-order valence-electron chi connectivity index (χ2n) is 5.81. The van der Waals surface area contributed by atoms with E-state index < -0.39 is 6.61 Å². The molecule has 0 saturated carbocycles. The molecule has 0 spiro atoms. The van der Waals surface area contributed by atoms with Crippen LogP contribution >= 0.6 is 23.4 Å². The number of aromatic nitrogens is 2. The molecule has 0 aliphatic heterocycles. The quantitative estimate of drug-likeness (QED) is 0.377. The van der Waals surface area contributed by atoms with Crippen LogP contribution in [0.1, 0.15) is 0 Å². The van der Waals surface area contributed by atoms with E-state index in [-0.39, 0.29) is 23.2 Å². The first-order valence-corrected chi connectivity index (χ1v) is 9.95. The predicted octanol–water partition coefficient (Wildman–Crippen LogP) is 5.14. The maximum absolute atomic E-state index is 12.4. The Morgan fingerprint density at radius 1 is 1.17 bits per heavy atom. The van der Waals surface area contributed by atoms with Gasteiger partial charge in [0.1, 0.15) is 0 Å². The molecular weight excluding hydrogens is 436 g/mol. The number of hydrogen-bond donors (Lipinski definition) is 1. The molecule has 3 rings (SSSR count). The summed E-state index contributed by atoms with van der Waals surface area (Å²) < 4.78 is 34.2. The SMILES string of the molecule is COc1cc(NC(=O)CSc2nccc(-c3ccc(Cl)cc3)n2)ccc1OC(F)F. The second kappa shape index (κ2) is 10.2. The number of amides is 1. The maximum Gasteiger partial charge on any atom is 0.387 e. The molecular formula is C20H16ClF2N3O3S. The fourth-order valence-electron chi connectivity index (χ4n) is 2.46. The number of methoxy groups -OCH3 is 1. The second-order valence-corrected chi connectivity index (χ2v) is 7.19. The van der Waals surface area contributed by atoms with E-state index in [1.165, 1.54) is 37.1 Å². The van der Waals surface area contributed by atoms with Gasteiger partial charge in [-0.25, -0.2) is 9.97 Å². The Kier molecular flexibility index (Phi) is 7.42. The third-order valence-corrected chi connectivity index (χ3v) is 4.88. The van der Waals surface area contributed by atoms with Crippen molar-refractivity contribution >= 4 is 35.0 Å². The summed E-state index contributed by atoms with van der Waals surface area (Å²) in [6.45, 7) is -2.97. The average molecular weight is 452 g/mol. The van der Waals surface area contributed by atoms with Crippen molar-refractivity contribution in [3.63, 3.8) is 0 Å². The van der Waals surface area contributed by atoms with Crippen LogP contribution in [0.5, 0.6) is 11.5 Å². The number of anilines is 1. The molecule has 0 unspecified atom stereocenters. The highest BCUT2D eigenvalue weighted by Gasteiger charge is 2.13. The van der Waals surface area contributed by atoms with Crippen molar-refractivity contribution in [1.82, 2.24) is 9.97 Å². The lowest BCUT2D eigenvalue weighted by Gasteiger charge is -2.12. The van der Waals surface area contributed by atoms with Crippen LogP contribution in [0, 0.1) is 0 Å². The Morgan fingerprint density at radius 2 is 1.93 bits per heavy atom. The average Bonchev–Trinajstić information content (AvgIpc) is 2.74. The van der Waals surface area contributed by atoms with Crippen LogP contribution in [0.2, 0.25) is 5.02 Å². The minimum Gasteiger partial charge on any atom is -0.493 e. The van der Waals surface area contributed by atoms with Crippen LogP contribution in [0.4, 0.5) is 14.5 Å². The molecule has 6 nitrogen and oxygen atoms in total. The zero-order valence-electron chi connectivity index (χ0n) is 15.6. The Labute approximate surface area is 180 Å². The van der Waals surface area contributed by atoms with E-state index >= 15 is 0 Å². The highest BCUT2D eigenvalue weighted by molar-refractivity contribution is 7.99. The molecule has 2 aromatic carbocycles. The fourth-order valence-corrected chi connectivity index (χ4v) is 3.21. The summed E-state index contributed by atoms with van der Waals surface area (Å²) in [6.07, 6.45) is 1.61. The summed E-state index contributed by atoms with van der Waals surface area (Å²) in [5.74, 6) is -0.293. The number of nitrogens with one attached hydrogen (secondary N) is 1. The van der Waals surface area contributed by atoms with Crippen molar-refractivity contribution in [2.75, 3.05) is 18.2 Å². The zero-order chi connectivity index (χ0) is 21.5. The number of rotatable bonds is 8. The molecule has 0 saturated heterocycles. The molecule has 0 aliphatic rings. The number of ether oxygens (including phenoxy) is 2. The van der Waals surface area contributed by atoms with Gasteiger partial charge in [-0.1, -0.05) is 35.5 Å². The number of alkyl halides is 2. The van der Waals surface area contributed by atoms with Crippen LogP contribution in [-0.4, -0.2) is 35.3 Å². The largest absolute Gasteiger partial charge is 0.493 e. The number of hydrogen-bond acceptors (Lipinski definition) is 6. The smallest absolute Gasteiger partial charge is 0.387 e. The van der Waals surface area contributed by atoms with Crippen molar-refractivity contribution in [2.24, 2.45) is 0 Å². The molecule has 3 aromatic rings. The highest BCUT2D eigenvalue weighted by atomic mass is 35.5. The third-order valence-electron chi connectivity index (χ3n) is 3.77. The maximum atomic E-state index is 12.4. The summed E-state index contributed by atoms with van der Waals surface area (Å²) in [5, 5.41) is 3.74. The monoisotopic (exact) mass is 451 g/mol. The van der Waals surface area contributed by atoms with Gasteiger partial charge in [-0.15, -0.1) is 0 Å². The van der Waals surface area contributed by atoms with Crippen molar-refractivity contribution in [1.29, 1.82) is 0 Å². The molecule has 0 atom stereocenters. The lowest BCUT2D eigenvalue weighted by molar-refractivity contribution is -0.113. The van der Waals surface area contributed by atoms with Crippen LogP contribution in [0.25, 0.3) is 11.3 Å². The van der Waals surface area contributed by atoms with Gasteiger partial charge in [-0.3, -0.25) is 4.79 Å². The fraction of sp³-hybridized carbons (Fsp3) is 0.150. The Balaban J connectivity index is 1.61. The van der Waals surface area contributed by atoms with E-state index in [2.05, 4.69) is 20.0 Å². The summed E-state index contributed by atoms with van der Waals surface area (Å²) in [5.41, 5.74) is 1.98. The zero-order valence-corrected chi connectivity index (χ0v) is 17.2. The van der Waals surface area contributed by atoms with Gasteiger partial charge in [0.2, 0.25) is 5.91 Å². The number of thioether (sulfide) groups is 1. The van der Waals surface area contributed by atoms with Gasteiger partial charge >= 0.3 is 6.61 Å². The van der Waals surface area contributed by atoms with Gasteiger partial charge in [0.25, 0.3) is 0 Å². The molecule has 1 aromatic heterocycles. The van der Waals surface area contributed by atoms with Crippen molar-refractivity contribution in [2.45, 2.75) is 11.8 Å². The first-order valence-electron chi connectivity index (χ1n) is 8.59. The van der Waals surface area contributed by atoms with Gasteiger partial charge in [-0.2, -0.15) is 8.78 Å². The van der Waals surface area contributed by atoms with Crippen molar-refractivity contribution < 1.29 is 23.0 Å². The number of carbonyl (C=O) groups is 1. The first kappa shape index (κ1) is 21.8. The molecule has 0 radical (unpaired) electrons. The molecule has 30 heavy (non-hydrogen) atoms. The summed E-state index contributed by atoms with van der Waals surface area (Å²) in [6, 6.07) is 13.1. The molecule has 10 heteroatoms. The van der Waals surface area contributed by atoms with Gasteiger partial charge in [0.05, 0.1) is 18.6 Å². The third kappa shape index (κ3) is 6.04. The van der Waals surface area contributed by atoms with E-state index in [0.717, 1.165) is 5.56 Å². The number of benzene rings is 2.